The first kappa shape index (κ1) is 12.4. The molecule has 0 bridgehead atoms. The van der Waals surface area contributed by atoms with E-state index in [9.17, 15) is 4.39 Å². The van der Waals surface area contributed by atoms with Gasteiger partial charge in [0.2, 0.25) is 0 Å². The second-order valence-corrected chi connectivity index (χ2v) is 17.6. The molecule has 0 aliphatic heterocycles. The Balaban J connectivity index is 2.20. The quantitative estimate of drug-likeness (QED) is 0.541. The van der Waals surface area contributed by atoms with E-state index >= 15 is 0 Å². The summed E-state index contributed by atoms with van der Waals surface area (Å²) < 4.78 is 55.8. The molecule has 1 aromatic heterocycles. The SMILES string of the molecule is [2H]C([2H])([2H])c1ccc(-c2cc(C([2H])([2H])c3ccccc3)[c]([Ge]([CH3])([CH3])[CH3])cn2)c(F)c1. The Morgan fingerprint density at radius 2 is 1.84 bits per heavy atom. The van der Waals surface area contributed by atoms with E-state index < -0.39 is 32.3 Å². The van der Waals surface area contributed by atoms with Crippen LogP contribution in [0.2, 0.25) is 17.3 Å². The second kappa shape index (κ2) is 7.13. The zero-order valence-electron chi connectivity index (χ0n) is 19.6. The van der Waals surface area contributed by atoms with Crippen molar-refractivity contribution in [1.29, 1.82) is 0 Å². The average molecular weight is 399 g/mol. The molecule has 0 aliphatic rings. The van der Waals surface area contributed by atoms with Crippen LogP contribution in [0.15, 0.2) is 60.8 Å². The summed E-state index contributed by atoms with van der Waals surface area (Å²) in [4.78, 5) is 4.44. The predicted octanol–water partition coefficient (Wildman–Crippen LogP) is 5.33. The molecule has 0 unspecified atom stereocenters. The minimum atomic E-state index is -2.52. The number of pyridine rings is 1. The molecule has 3 heteroatoms. The van der Waals surface area contributed by atoms with Crippen molar-refractivity contribution in [3.8, 4) is 11.3 Å². The summed E-state index contributed by atoms with van der Waals surface area (Å²) in [5, 5.41) is 0. The first-order valence-electron chi connectivity index (χ1n) is 10.7. The molecule has 3 aromatic rings. The normalized spacial score (nSPS) is 15.6. The maximum absolute atomic E-state index is 14.8. The molecule has 0 aliphatic carbocycles. The number of hydrogen-bond donors (Lipinski definition) is 0. The third-order valence-corrected chi connectivity index (χ3v) is 8.24. The van der Waals surface area contributed by atoms with Crippen LogP contribution in [0.5, 0.6) is 0 Å². The molecule has 25 heavy (non-hydrogen) atoms. The van der Waals surface area contributed by atoms with Crippen LogP contribution in [-0.2, 0) is 6.37 Å². The van der Waals surface area contributed by atoms with Crippen LogP contribution in [0.25, 0.3) is 11.3 Å². The first-order valence-corrected chi connectivity index (χ1v) is 15.5. The van der Waals surface area contributed by atoms with Gasteiger partial charge in [-0.15, -0.1) is 0 Å². The van der Waals surface area contributed by atoms with Gasteiger partial charge in [0.25, 0.3) is 0 Å². The second-order valence-electron chi connectivity index (χ2n) is 7.05. The molecular weight excluding hydrogens is 370 g/mol. The van der Waals surface area contributed by atoms with Gasteiger partial charge in [-0.05, 0) is 0 Å². The zero-order chi connectivity index (χ0) is 22.3. The van der Waals surface area contributed by atoms with Crippen molar-refractivity contribution in [1.82, 2.24) is 4.98 Å². The Morgan fingerprint density at radius 1 is 1.08 bits per heavy atom. The number of benzene rings is 2. The van der Waals surface area contributed by atoms with Crippen LogP contribution in [-0.4, -0.2) is 18.3 Å². The van der Waals surface area contributed by atoms with E-state index in [-0.39, 0.29) is 16.8 Å². The number of aryl methyl sites for hydroxylation is 1. The summed E-state index contributed by atoms with van der Waals surface area (Å²) in [6, 6.07) is 14.3. The van der Waals surface area contributed by atoms with Crippen molar-refractivity contribution in [2.24, 2.45) is 0 Å². The van der Waals surface area contributed by atoms with Crippen LogP contribution in [0.3, 0.4) is 0 Å². The number of hydrogen-bond acceptors (Lipinski definition) is 1. The molecule has 128 valence electrons. The van der Waals surface area contributed by atoms with Crippen molar-refractivity contribution >= 4 is 17.7 Å². The Bertz CT molecular complexity index is 1060. The third kappa shape index (κ3) is 4.19. The van der Waals surface area contributed by atoms with Crippen LogP contribution >= 0.6 is 0 Å². The van der Waals surface area contributed by atoms with Gasteiger partial charge in [-0.1, -0.05) is 0 Å². The van der Waals surface area contributed by atoms with Crippen LogP contribution in [0.4, 0.5) is 4.39 Å². The van der Waals surface area contributed by atoms with Gasteiger partial charge in [0.05, 0.1) is 0 Å². The summed E-state index contributed by atoms with van der Waals surface area (Å²) in [5.41, 5.74) is 1.37. The van der Waals surface area contributed by atoms with E-state index in [0.717, 1.165) is 10.5 Å². The molecule has 2 aromatic carbocycles. The molecule has 1 heterocycles. The fourth-order valence-corrected chi connectivity index (χ4v) is 5.63. The van der Waals surface area contributed by atoms with Crippen molar-refractivity contribution in [3.05, 3.63) is 83.3 Å². The van der Waals surface area contributed by atoms with Crippen LogP contribution < -0.4 is 4.40 Å². The summed E-state index contributed by atoms with van der Waals surface area (Å²) in [6.07, 6.45) is -0.107. The van der Waals surface area contributed by atoms with Crippen molar-refractivity contribution in [2.45, 2.75) is 30.5 Å². The van der Waals surface area contributed by atoms with Gasteiger partial charge >= 0.3 is 159 Å². The standard InChI is InChI=1S/C22H24FGeN/c1-16-10-11-19(20(23)12-16)22-14-18(13-17-8-6-5-7-9-17)21(15-25-22)24(2,3)4/h5-12,14-15H,13H2,1-4H3/i1D3,13D2. The van der Waals surface area contributed by atoms with E-state index in [2.05, 4.69) is 22.3 Å². The van der Waals surface area contributed by atoms with Crippen molar-refractivity contribution < 1.29 is 11.2 Å². The molecular formula is C22H24FGeN. The Kier molecular flexibility index (Phi) is 3.54. The molecule has 0 fully saturated rings. The van der Waals surface area contributed by atoms with Gasteiger partial charge in [0, 0.05) is 0 Å². The summed E-state index contributed by atoms with van der Waals surface area (Å²) >= 11 is -2.52. The first-order chi connectivity index (χ1) is 13.8. The molecule has 1 nitrogen and oxygen atoms in total. The van der Waals surface area contributed by atoms with E-state index in [4.69, 9.17) is 6.85 Å². The molecule has 0 amide bonds. The van der Waals surface area contributed by atoms with Gasteiger partial charge in [-0.2, -0.15) is 0 Å². The maximum atomic E-state index is 14.8. The van der Waals surface area contributed by atoms with E-state index in [1.807, 2.05) is 6.07 Å². The van der Waals surface area contributed by atoms with Gasteiger partial charge in [0.15, 0.2) is 0 Å². The van der Waals surface area contributed by atoms with Gasteiger partial charge < -0.3 is 0 Å². The van der Waals surface area contributed by atoms with Crippen LogP contribution in [0, 0.1) is 12.7 Å². The molecule has 0 spiro atoms. The molecule has 0 saturated heterocycles. The fraction of sp³-hybridized carbons (Fsp3) is 0.227. The number of aromatic nitrogens is 1. The monoisotopic (exact) mass is 400 g/mol. The molecule has 0 N–H and O–H groups in total. The third-order valence-electron chi connectivity index (χ3n) is 4.01. The summed E-state index contributed by atoms with van der Waals surface area (Å²) in [5.74, 6) is 5.79. The Hall–Kier alpha value is -1.94. The van der Waals surface area contributed by atoms with Crippen molar-refractivity contribution in [2.75, 3.05) is 0 Å². The summed E-state index contributed by atoms with van der Waals surface area (Å²) in [6.45, 7) is -2.40. The zero-order valence-corrected chi connectivity index (χ0v) is 16.7. The summed E-state index contributed by atoms with van der Waals surface area (Å²) in [7, 11) is 0. The molecule has 0 atom stereocenters. The average Bonchev–Trinajstić information content (AvgIpc) is 2.66. The van der Waals surface area contributed by atoms with E-state index in [1.165, 1.54) is 12.1 Å². The Labute approximate surface area is 159 Å². The molecule has 3 rings (SSSR count). The number of rotatable bonds is 4. The van der Waals surface area contributed by atoms with Crippen LogP contribution in [0.1, 0.15) is 23.5 Å². The fourth-order valence-electron chi connectivity index (χ4n) is 2.70. The number of nitrogens with zero attached hydrogens (tertiary/aromatic N) is 1. The number of halogens is 1. The van der Waals surface area contributed by atoms with Gasteiger partial charge in [0.1, 0.15) is 0 Å². The van der Waals surface area contributed by atoms with E-state index in [0.29, 0.717) is 11.1 Å². The predicted molar refractivity (Wildman–Crippen MR) is 107 cm³/mol. The topological polar surface area (TPSA) is 12.9 Å². The van der Waals surface area contributed by atoms with Gasteiger partial charge in [-0.25, -0.2) is 0 Å². The van der Waals surface area contributed by atoms with E-state index in [1.54, 1.807) is 36.5 Å². The van der Waals surface area contributed by atoms with Gasteiger partial charge in [-0.3, -0.25) is 0 Å². The van der Waals surface area contributed by atoms with Crippen molar-refractivity contribution in [3.63, 3.8) is 0 Å². The Morgan fingerprint density at radius 3 is 2.48 bits per heavy atom. The molecule has 0 saturated carbocycles. The molecule has 0 radical (unpaired) electrons. The minimum absolute atomic E-state index is 0.0788.